The summed E-state index contributed by atoms with van der Waals surface area (Å²) in [6.45, 7) is 0. The Bertz CT molecular complexity index is 1400. The number of nitrogens with zero attached hydrogens (tertiary/aromatic N) is 3. The fourth-order valence-corrected chi connectivity index (χ4v) is 5.27. The van der Waals surface area contributed by atoms with Gasteiger partial charge in [0, 0.05) is 17.9 Å². The third-order valence-corrected chi connectivity index (χ3v) is 7.14. The molecule has 0 spiro atoms. The molecule has 2 atom stereocenters. The molecule has 36 heavy (non-hydrogen) atoms. The highest BCUT2D eigenvalue weighted by atomic mass is 35.5. The zero-order valence-electron chi connectivity index (χ0n) is 18.7. The molecule has 6 nitrogen and oxygen atoms in total. The summed E-state index contributed by atoms with van der Waals surface area (Å²) in [6, 6.07) is 18.9. The molecule has 0 saturated carbocycles. The molecule has 5 rings (SSSR count). The maximum atomic E-state index is 13.9. The summed E-state index contributed by atoms with van der Waals surface area (Å²) in [5, 5.41) is 9.01. The molecule has 2 amide bonds. The Hall–Kier alpha value is -3.56. The fraction of sp³-hybridized carbons (Fsp3) is 0.154. The van der Waals surface area contributed by atoms with Gasteiger partial charge in [0.05, 0.1) is 17.4 Å². The van der Waals surface area contributed by atoms with Crippen LogP contribution in [0.4, 0.5) is 14.5 Å². The SMILES string of the molecule is O=C(C[C@@H]1SC(N2N=C(c3ccc(F)cc3)C[C@@H]2c2cccc(Cl)c2)=NC1=O)Nc1ccccc1F. The number of hydrogen-bond donors (Lipinski definition) is 1. The average molecular weight is 525 g/mol. The van der Waals surface area contributed by atoms with Crippen molar-refractivity contribution >= 4 is 51.7 Å². The summed E-state index contributed by atoms with van der Waals surface area (Å²) < 4.78 is 27.3. The van der Waals surface area contributed by atoms with Crippen molar-refractivity contribution in [2.45, 2.75) is 24.1 Å². The van der Waals surface area contributed by atoms with E-state index in [0.717, 1.165) is 22.9 Å². The second-order valence-electron chi connectivity index (χ2n) is 8.24. The molecule has 0 saturated heterocycles. The van der Waals surface area contributed by atoms with E-state index in [1.165, 1.54) is 30.3 Å². The number of hydrogen-bond acceptors (Lipinski definition) is 5. The second kappa shape index (κ2) is 10.2. The van der Waals surface area contributed by atoms with Crippen molar-refractivity contribution in [3.05, 3.63) is 101 Å². The van der Waals surface area contributed by atoms with Gasteiger partial charge in [-0.3, -0.25) is 9.59 Å². The minimum absolute atomic E-state index is 0.0493. The van der Waals surface area contributed by atoms with E-state index in [1.807, 2.05) is 18.2 Å². The first-order chi connectivity index (χ1) is 17.4. The van der Waals surface area contributed by atoms with Gasteiger partial charge in [-0.2, -0.15) is 10.1 Å². The first-order valence-corrected chi connectivity index (χ1v) is 12.3. The van der Waals surface area contributed by atoms with Crippen LogP contribution >= 0.6 is 23.4 Å². The molecule has 0 fully saturated rings. The maximum Gasteiger partial charge on any atom is 0.262 e. The number of thioether (sulfide) groups is 1. The topological polar surface area (TPSA) is 74.1 Å². The Morgan fingerprint density at radius 2 is 1.86 bits per heavy atom. The van der Waals surface area contributed by atoms with Crippen LogP contribution in [0.1, 0.15) is 30.0 Å². The molecule has 2 aliphatic heterocycles. The van der Waals surface area contributed by atoms with Crippen LogP contribution in [0, 0.1) is 11.6 Å². The molecule has 2 aliphatic rings. The standard InChI is InChI=1S/C26H19ClF2N4O2S/c27-17-5-3-4-16(12-17)22-13-21(15-8-10-18(28)11-9-15)32-33(22)26-31-25(35)23(36-26)14-24(34)30-20-7-2-1-6-19(20)29/h1-12,22-23H,13-14H2,(H,30,34)/t22-,23+/m1/s1. The molecule has 182 valence electrons. The number of carbonyl (C=O) groups is 2. The quantitative estimate of drug-likeness (QED) is 0.458. The number of benzene rings is 3. The lowest BCUT2D eigenvalue weighted by molar-refractivity contribution is -0.121. The summed E-state index contributed by atoms with van der Waals surface area (Å²) in [5.74, 6) is -1.87. The van der Waals surface area contributed by atoms with Gasteiger partial charge in [0.15, 0.2) is 5.17 Å². The van der Waals surface area contributed by atoms with Crippen LogP contribution in [-0.2, 0) is 9.59 Å². The lowest BCUT2D eigenvalue weighted by atomic mass is 9.98. The largest absolute Gasteiger partial charge is 0.324 e. The van der Waals surface area contributed by atoms with Gasteiger partial charge in [-0.1, -0.05) is 59.8 Å². The summed E-state index contributed by atoms with van der Waals surface area (Å²) in [4.78, 5) is 29.4. The summed E-state index contributed by atoms with van der Waals surface area (Å²) in [7, 11) is 0. The van der Waals surface area contributed by atoms with E-state index < -0.39 is 22.9 Å². The van der Waals surface area contributed by atoms with Gasteiger partial charge < -0.3 is 5.32 Å². The van der Waals surface area contributed by atoms with Gasteiger partial charge in [0.1, 0.15) is 16.9 Å². The van der Waals surface area contributed by atoms with Gasteiger partial charge in [0.25, 0.3) is 5.91 Å². The first kappa shape index (κ1) is 24.1. The van der Waals surface area contributed by atoms with Crippen molar-refractivity contribution in [3.8, 4) is 0 Å². The number of hydrazone groups is 1. The highest BCUT2D eigenvalue weighted by molar-refractivity contribution is 8.15. The van der Waals surface area contributed by atoms with Crippen LogP contribution in [0.5, 0.6) is 0 Å². The second-order valence-corrected chi connectivity index (χ2v) is 9.85. The molecule has 2 heterocycles. The molecule has 0 bridgehead atoms. The highest BCUT2D eigenvalue weighted by Crippen LogP contribution is 2.39. The minimum atomic E-state index is -0.767. The van der Waals surface area contributed by atoms with Gasteiger partial charge in [-0.25, -0.2) is 13.8 Å². The lowest BCUT2D eigenvalue weighted by Crippen LogP contribution is -2.25. The smallest absolute Gasteiger partial charge is 0.262 e. The van der Waals surface area contributed by atoms with Crippen molar-refractivity contribution in [2.75, 3.05) is 5.32 Å². The van der Waals surface area contributed by atoms with E-state index in [2.05, 4.69) is 10.3 Å². The molecule has 10 heteroatoms. The van der Waals surface area contributed by atoms with E-state index >= 15 is 0 Å². The fourth-order valence-electron chi connectivity index (χ4n) is 4.01. The molecular formula is C26H19ClF2N4O2S. The van der Waals surface area contributed by atoms with Gasteiger partial charge in [0.2, 0.25) is 5.91 Å². The van der Waals surface area contributed by atoms with Gasteiger partial charge in [-0.15, -0.1) is 0 Å². The number of amides is 2. The normalized spacial score (nSPS) is 19.3. The maximum absolute atomic E-state index is 13.9. The third-order valence-electron chi connectivity index (χ3n) is 5.76. The predicted octanol–water partition coefficient (Wildman–Crippen LogP) is 5.80. The van der Waals surface area contributed by atoms with Crippen LogP contribution < -0.4 is 5.32 Å². The third kappa shape index (κ3) is 5.17. The van der Waals surface area contributed by atoms with Crippen molar-refractivity contribution in [2.24, 2.45) is 10.1 Å². The number of carbonyl (C=O) groups excluding carboxylic acids is 2. The first-order valence-electron chi connectivity index (χ1n) is 11.1. The van der Waals surface area contributed by atoms with E-state index in [4.69, 9.17) is 16.7 Å². The molecule has 0 unspecified atom stereocenters. The number of rotatable bonds is 5. The number of halogens is 3. The van der Waals surface area contributed by atoms with E-state index in [-0.39, 0.29) is 24.0 Å². The zero-order chi connectivity index (χ0) is 25.2. The highest BCUT2D eigenvalue weighted by Gasteiger charge is 2.39. The monoisotopic (exact) mass is 524 g/mol. The summed E-state index contributed by atoms with van der Waals surface area (Å²) >= 11 is 7.36. The Morgan fingerprint density at radius 1 is 1.08 bits per heavy atom. The van der Waals surface area contributed by atoms with Crippen molar-refractivity contribution in [1.29, 1.82) is 0 Å². The predicted molar refractivity (Wildman–Crippen MR) is 137 cm³/mol. The zero-order valence-corrected chi connectivity index (χ0v) is 20.3. The van der Waals surface area contributed by atoms with Crippen molar-refractivity contribution in [3.63, 3.8) is 0 Å². The van der Waals surface area contributed by atoms with Crippen LogP contribution in [-0.4, -0.2) is 33.0 Å². The van der Waals surface area contributed by atoms with Crippen LogP contribution in [0.2, 0.25) is 5.02 Å². The molecule has 0 aromatic heterocycles. The van der Waals surface area contributed by atoms with Crippen LogP contribution in [0.25, 0.3) is 0 Å². The van der Waals surface area contributed by atoms with Crippen molar-refractivity contribution < 1.29 is 18.4 Å². The number of amidine groups is 1. The van der Waals surface area contributed by atoms with E-state index in [0.29, 0.717) is 22.3 Å². The van der Waals surface area contributed by atoms with Gasteiger partial charge in [-0.05, 0) is 47.5 Å². The Kier molecular flexibility index (Phi) is 6.84. The molecular weight excluding hydrogens is 506 g/mol. The number of anilines is 1. The van der Waals surface area contributed by atoms with Crippen molar-refractivity contribution in [1.82, 2.24) is 5.01 Å². The molecule has 0 radical (unpaired) electrons. The number of para-hydroxylation sites is 1. The van der Waals surface area contributed by atoms with Gasteiger partial charge >= 0.3 is 0 Å². The van der Waals surface area contributed by atoms with E-state index in [9.17, 15) is 18.4 Å². The molecule has 1 N–H and O–H groups in total. The van der Waals surface area contributed by atoms with E-state index in [1.54, 1.807) is 29.3 Å². The molecule has 3 aromatic carbocycles. The summed E-state index contributed by atoms with van der Waals surface area (Å²) in [6.07, 6.45) is 0.313. The average Bonchev–Trinajstić information content (AvgIpc) is 3.45. The number of nitrogens with one attached hydrogen (secondary N) is 1. The Balaban J connectivity index is 1.36. The Labute approximate surface area is 215 Å². The lowest BCUT2D eigenvalue weighted by Gasteiger charge is -2.23. The van der Waals surface area contributed by atoms with Crippen LogP contribution in [0.3, 0.4) is 0 Å². The van der Waals surface area contributed by atoms with Crippen LogP contribution in [0.15, 0.2) is 82.9 Å². The number of aliphatic imine (C=N–C) groups is 1. The minimum Gasteiger partial charge on any atom is -0.324 e. The summed E-state index contributed by atoms with van der Waals surface area (Å²) in [5.41, 5.74) is 2.38. The molecule has 3 aromatic rings. The Morgan fingerprint density at radius 3 is 2.61 bits per heavy atom. The molecule has 0 aliphatic carbocycles.